The Morgan fingerprint density at radius 3 is 1.40 bits per heavy atom. The van der Waals surface area contributed by atoms with Gasteiger partial charge in [0.2, 0.25) is 0 Å². The SMILES string of the molecule is c1ccc(P(C(CC2CCCCC2)=NCCCCN=C(NC2CCCCC2)P(c2ccccc2)c2ccccc2)c2ccccc2)cc1. The molecule has 0 atom stereocenters. The van der Waals surface area contributed by atoms with Crippen molar-refractivity contribution < 1.29 is 0 Å². The van der Waals surface area contributed by atoms with Crippen molar-refractivity contribution in [1.82, 2.24) is 5.32 Å². The monoisotopic (exact) mass is 673 g/mol. The number of benzene rings is 4. The van der Waals surface area contributed by atoms with E-state index in [1.54, 1.807) is 0 Å². The molecule has 0 bridgehead atoms. The van der Waals surface area contributed by atoms with E-state index in [2.05, 4.69) is 127 Å². The summed E-state index contributed by atoms with van der Waals surface area (Å²) in [6.07, 6.45) is 16.6. The normalized spacial score (nSPS) is 16.8. The summed E-state index contributed by atoms with van der Waals surface area (Å²) in [4.78, 5) is 10.9. The van der Waals surface area contributed by atoms with Crippen LogP contribution in [0.4, 0.5) is 0 Å². The van der Waals surface area contributed by atoms with Gasteiger partial charge < -0.3 is 5.32 Å². The number of hydrogen-bond acceptors (Lipinski definition) is 2. The van der Waals surface area contributed by atoms with Crippen molar-refractivity contribution in [2.75, 3.05) is 13.1 Å². The smallest absolute Gasteiger partial charge is 0.129 e. The predicted molar refractivity (Wildman–Crippen MR) is 213 cm³/mol. The van der Waals surface area contributed by atoms with Gasteiger partial charge in [-0.3, -0.25) is 9.98 Å². The molecule has 0 radical (unpaired) electrons. The van der Waals surface area contributed by atoms with Crippen LogP contribution in [0.1, 0.15) is 83.5 Å². The molecule has 4 aromatic rings. The Morgan fingerprint density at radius 1 is 0.500 bits per heavy atom. The fraction of sp³-hybridized carbons (Fsp3) is 0.395. The van der Waals surface area contributed by atoms with E-state index in [-0.39, 0.29) is 0 Å². The van der Waals surface area contributed by atoms with Crippen molar-refractivity contribution in [3.05, 3.63) is 121 Å². The van der Waals surface area contributed by atoms with Gasteiger partial charge in [-0.1, -0.05) is 173 Å². The molecule has 6 rings (SSSR count). The van der Waals surface area contributed by atoms with Crippen molar-refractivity contribution in [2.45, 2.75) is 89.5 Å². The first kappa shape index (κ1) is 34.7. The highest BCUT2D eigenvalue weighted by Gasteiger charge is 2.26. The zero-order valence-corrected chi connectivity index (χ0v) is 30.4. The lowest BCUT2D eigenvalue weighted by molar-refractivity contribution is 0.369. The van der Waals surface area contributed by atoms with Gasteiger partial charge in [-0.25, -0.2) is 0 Å². The second kappa shape index (κ2) is 19.2. The molecule has 1 N–H and O–H groups in total. The van der Waals surface area contributed by atoms with Crippen molar-refractivity contribution in [3.63, 3.8) is 0 Å². The largest absolute Gasteiger partial charge is 0.367 e. The molecule has 0 amide bonds. The van der Waals surface area contributed by atoms with Gasteiger partial charge in [0.05, 0.1) is 0 Å². The number of amidine groups is 1. The lowest BCUT2D eigenvalue weighted by Gasteiger charge is -2.29. The molecule has 48 heavy (non-hydrogen) atoms. The average Bonchev–Trinajstić information content (AvgIpc) is 3.15. The van der Waals surface area contributed by atoms with E-state index in [4.69, 9.17) is 9.98 Å². The molecule has 5 heteroatoms. The Morgan fingerprint density at radius 2 is 0.917 bits per heavy atom. The van der Waals surface area contributed by atoms with Gasteiger partial charge in [-0.2, -0.15) is 0 Å². The minimum Gasteiger partial charge on any atom is -0.367 e. The highest BCUT2D eigenvalue weighted by molar-refractivity contribution is 7.88. The van der Waals surface area contributed by atoms with Crippen molar-refractivity contribution in [2.24, 2.45) is 15.9 Å². The molecule has 0 heterocycles. The lowest BCUT2D eigenvalue weighted by Crippen LogP contribution is -2.38. The maximum atomic E-state index is 5.50. The summed E-state index contributed by atoms with van der Waals surface area (Å²) in [7, 11) is -1.36. The number of hydrogen-bond donors (Lipinski definition) is 1. The van der Waals surface area contributed by atoms with Gasteiger partial charge in [-0.15, -0.1) is 0 Å². The molecule has 0 saturated heterocycles. The molecule has 250 valence electrons. The molecule has 0 spiro atoms. The fourth-order valence-electron chi connectivity index (χ4n) is 7.25. The van der Waals surface area contributed by atoms with E-state index >= 15 is 0 Å². The van der Waals surface area contributed by atoms with Crippen LogP contribution in [0.2, 0.25) is 0 Å². The first-order valence-electron chi connectivity index (χ1n) is 18.5. The van der Waals surface area contributed by atoms with Crippen molar-refractivity contribution in [3.8, 4) is 0 Å². The van der Waals surface area contributed by atoms with E-state index in [0.717, 1.165) is 38.3 Å². The molecular formula is C43H53N3P2. The second-order valence-electron chi connectivity index (χ2n) is 13.4. The molecule has 2 aliphatic rings. The Bertz CT molecular complexity index is 1330. The molecule has 2 aliphatic carbocycles. The summed E-state index contributed by atoms with van der Waals surface area (Å²) < 4.78 is 0. The Hall–Kier alpha value is -3.12. The zero-order chi connectivity index (χ0) is 32.6. The molecule has 0 aromatic heterocycles. The van der Waals surface area contributed by atoms with Gasteiger partial charge in [0.25, 0.3) is 0 Å². The number of unbranched alkanes of at least 4 members (excludes halogenated alkanes) is 1. The maximum absolute atomic E-state index is 5.50. The number of aliphatic imine (C=N–C) groups is 2. The molecule has 4 aromatic carbocycles. The number of nitrogens with one attached hydrogen (secondary N) is 1. The minimum atomic E-state index is -0.731. The van der Waals surface area contributed by atoms with Crippen LogP contribution in [-0.4, -0.2) is 30.2 Å². The Kier molecular flexibility index (Phi) is 13.9. The Balaban J connectivity index is 1.20. The van der Waals surface area contributed by atoms with Crippen molar-refractivity contribution in [1.29, 1.82) is 0 Å². The predicted octanol–water partition coefficient (Wildman–Crippen LogP) is 9.68. The summed E-state index contributed by atoms with van der Waals surface area (Å²) in [6, 6.07) is 45.0. The third-order valence-corrected chi connectivity index (χ3v) is 14.6. The third-order valence-electron chi connectivity index (χ3n) is 9.78. The summed E-state index contributed by atoms with van der Waals surface area (Å²) in [5, 5.41) is 9.59. The van der Waals surface area contributed by atoms with Gasteiger partial charge >= 0.3 is 0 Å². The second-order valence-corrected chi connectivity index (χ2v) is 17.8. The van der Waals surface area contributed by atoms with Crippen LogP contribution < -0.4 is 26.5 Å². The van der Waals surface area contributed by atoms with Crippen LogP contribution in [-0.2, 0) is 0 Å². The van der Waals surface area contributed by atoms with Crippen LogP contribution >= 0.6 is 15.8 Å². The van der Waals surface area contributed by atoms with Crippen molar-refractivity contribution >= 4 is 48.1 Å². The third kappa shape index (κ3) is 10.2. The number of rotatable bonds is 14. The summed E-state index contributed by atoms with van der Waals surface area (Å²) >= 11 is 0. The van der Waals surface area contributed by atoms with E-state index in [1.165, 1.54) is 96.5 Å². The average molecular weight is 674 g/mol. The highest BCUT2D eigenvalue weighted by Crippen LogP contribution is 2.41. The van der Waals surface area contributed by atoms with E-state index in [9.17, 15) is 0 Å². The summed E-state index contributed by atoms with van der Waals surface area (Å²) in [5.41, 5.74) is 2.64. The Labute approximate surface area is 292 Å². The van der Waals surface area contributed by atoms with Crippen LogP contribution in [0.25, 0.3) is 0 Å². The topological polar surface area (TPSA) is 36.8 Å². The van der Waals surface area contributed by atoms with Gasteiger partial charge in [0.1, 0.15) is 5.58 Å². The van der Waals surface area contributed by atoms with Gasteiger partial charge in [-0.05, 0) is 59.2 Å². The zero-order valence-electron chi connectivity index (χ0n) is 28.6. The molecule has 2 fully saturated rings. The van der Waals surface area contributed by atoms with Gasteiger partial charge in [0.15, 0.2) is 0 Å². The maximum Gasteiger partial charge on any atom is 0.129 e. The molecule has 0 aliphatic heterocycles. The summed E-state index contributed by atoms with van der Waals surface area (Å²) in [5.74, 6) is 0.767. The molecular weight excluding hydrogens is 620 g/mol. The van der Waals surface area contributed by atoms with Crippen LogP contribution in [0.3, 0.4) is 0 Å². The standard InChI is InChI=1S/C43H53N3P2/c1-7-21-36(22-8-1)35-42(47(38-25-11-3-12-26-38)39-27-13-4-14-28-39)44-33-19-20-34-45-43(46-37-23-9-2-10-24-37)48(40-29-15-5-16-30-40)41-31-17-6-18-32-41/h3-6,11-18,25-32,36-37H,1-2,7-10,19-24,33-35H2,(H,45,46). The first-order valence-corrected chi connectivity index (χ1v) is 21.2. The molecule has 0 unspecified atom stereocenters. The highest BCUT2D eigenvalue weighted by atomic mass is 31.1. The summed E-state index contributed by atoms with van der Waals surface area (Å²) in [6.45, 7) is 1.72. The van der Waals surface area contributed by atoms with Crippen LogP contribution in [0, 0.1) is 5.92 Å². The molecule has 3 nitrogen and oxygen atoms in total. The van der Waals surface area contributed by atoms with E-state index in [0.29, 0.717) is 6.04 Å². The molecule has 2 saturated carbocycles. The van der Waals surface area contributed by atoms with E-state index < -0.39 is 15.8 Å². The first-order chi connectivity index (χ1) is 23.8. The fourth-order valence-corrected chi connectivity index (χ4v) is 12.1. The lowest BCUT2D eigenvalue weighted by atomic mass is 9.87. The van der Waals surface area contributed by atoms with Crippen LogP contribution in [0.5, 0.6) is 0 Å². The van der Waals surface area contributed by atoms with E-state index in [1.807, 2.05) is 0 Å². The number of nitrogens with zero attached hydrogens (tertiary/aromatic N) is 2. The quantitative estimate of drug-likeness (QED) is 0.0616. The minimum absolute atomic E-state index is 0.525. The van der Waals surface area contributed by atoms with Crippen LogP contribution in [0.15, 0.2) is 131 Å². The van der Waals surface area contributed by atoms with Gasteiger partial charge in [0, 0.05) is 40.4 Å².